The van der Waals surface area contributed by atoms with Crippen LogP contribution in [0.1, 0.15) is 27.3 Å². The van der Waals surface area contributed by atoms with Gasteiger partial charge >= 0.3 is 5.97 Å². The van der Waals surface area contributed by atoms with Gasteiger partial charge in [0.05, 0.1) is 28.0 Å². The highest BCUT2D eigenvalue weighted by Crippen LogP contribution is 2.21. The predicted octanol–water partition coefficient (Wildman–Crippen LogP) is 3.15. The van der Waals surface area contributed by atoms with Crippen molar-refractivity contribution in [1.82, 2.24) is 9.78 Å². The van der Waals surface area contributed by atoms with Crippen LogP contribution in [0.4, 0.5) is 4.39 Å². The molecule has 0 saturated heterocycles. The van der Waals surface area contributed by atoms with E-state index in [0.29, 0.717) is 5.56 Å². The van der Waals surface area contributed by atoms with Gasteiger partial charge < -0.3 is 5.11 Å². The second kappa shape index (κ2) is 5.13. The number of aromatic nitrogens is 2. The Morgan fingerprint density at radius 1 is 1.47 bits per heavy atom. The van der Waals surface area contributed by atoms with Gasteiger partial charge in [-0.3, -0.25) is 4.68 Å². The van der Waals surface area contributed by atoms with Gasteiger partial charge in [-0.05, 0) is 53.5 Å². The molecular formula is C13H12BrFN2O2. The fourth-order valence-corrected chi connectivity index (χ4v) is 2.18. The lowest BCUT2D eigenvalue weighted by Crippen LogP contribution is -2.10. The van der Waals surface area contributed by atoms with Gasteiger partial charge in [0.25, 0.3) is 0 Å². The zero-order chi connectivity index (χ0) is 14.2. The Hall–Kier alpha value is -1.69. The summed E-state index contributed by atoms with van der Waals surface area (Å²) in [6, 6.07) is 3.64. The molecule has 0 atom stereocenters. The van der Waals surface area contributed by atoms with Crippen molar-refractivity contribution in [3.05, 3.63) is 51.0 Å². The summed E-state index contributed by atoms with van der Waals surface area (Å²) >= 11 is 3.40. The van der Waals surface area contributed by atoms with Gasteiger partial charge in [0.15, 0.2) is 0 Å². The van der Waals surface area contributed by atoms with Crippen LogP contribution >= 0.6 is 15.9 Å². The second-order valence-corrected chi connectivity index (χ2v) is 5.04. The minimum absolute atomic E-state index is 0.0880. The Labute approximate surface area is 118 Å². The van der Waals surface area contributed by atoms with Crippen LogP contribution in [0.15, 0.2) is 22.7 Å². The zero-order valence-corrected chi connectivity index (χ0v) is 12.0. The molecule has 19 heavy (non-hydrogen) atoms. The van der Waals surface area contributed by atoms with Gasteiger partial charge in [-0.2, -0.15) is 5.10 Å². The summed E-state index contributed by atoms with van der Waals surface area (Å²) in [5, 5.41) is 13.4. The standard InChI is InChI=1S/C13H12BrFN2O2/c1-7-12(14)8(2)17(16-7)6-9-5-10(15)3-4-11(9)13(18)19/h3-5H,6H2,1-2H3,(H,18,19). The van der Waals surface area contributed by atoms with Crippen LogP contribution in [-0.4, -0.2) is 20.9 Å². The average molecular weight is 327 g/mol. The van der Waals surface area contributed by atoms with Crippen LogP contribution in [0.25, 0.3) is 0 Å². The number of aromatic carboxylic acids is 1. The van der Waals surface area contributed by atoms with Crippen molar-refractivity contribution < 1.29 is 14.3 Å². The number of carboxylic acids is 1. The van der Waals surface area contributed by atoms with Gasteiger partial charge in [0.1, 0.15) is 5.82 Å². The number of rotatable bonds is 3. The van der Waals surface area contributed by atoms with E-state index in [9.17, 15) is 9.18 Å². The largest absolute Gasteiger partial charge is 0.478 e. The summed E-state index contributed by atoms with van der Waals surface area (Å²) in [5.74, 6) is -1.53. The molecule has 0 fully saturated rings. The number of carboxylic acid groups (broad SMARTS) is 1. The molecule has 100 valence electrons. The normalized spacial score (nSPS) is 10.7. The maximum absolute atomic E-state index is 13.3. The molecule has 0 spiro atoms. The summed E-state index contributed by atoms with van der Waals surface area (Å²) in [6.07, 6.45) is 0. The van der Waals surface area contributed by atoms with Gasteiger partial charge in [0, 0.05) is 0 Å². The Kier molecular flexibility index (Phi) is 3.71. The minimum atomic E-state index is -1.07. The highest BCUT2D eigenvalue weighted by molar-refractivity contribution is 9.10. The molecule has 0 unspecified atom stereocenters. The third-order valence-corrected chi connectivity index (χ3v) is 4.06. The zero-order valence-electron chi connectivity index (χ0n) is 10.4. The molecule has 0 aliphatic rings. The van der Waals surface area contributed by atoms with Crippen LogP contribution in [-0.2, 0) is 6.54 Å². The predicted molar refractivity (Wildman–Crippen MR) is 71.9 cm³/mol. The molecule has 2 rings (SSSR count). The van der Waals surface area contributed by atoms with E-state index in [1.54, 1.807) is 4.68 Å². The van der Waals surface area contributed by atoms with Crippen LogP contribution < -0.4 is 0 Å². The Bertz CT molecular complexity index is 652. The minimum Gasteiger partial charge on any atom is -0.478 e. The van der Waals surface area contributed by atoms with Crippen LogP contribution in [0.5, 0.6) is 0 Å². The molecule has 0 saturated carbocycles. The molecular weight excluding hydrogens is 315 g/mol. The Balaban J connectivity index is 2.45. The second-order valence-electron chi connectivity index (χ2n) is 4.25. The lowest BCUT2D eigenvalue weighted by molar-refractivity contribution is 0.0695. The fourth-order valence-electron chi connectivity index (χ4n) is 1.89. The molecule has 1 N–H and O–H groups in total. The lowest BCUT2D eigenvalue weighted by atomic mass is 10.1. The van der Waals surface area contributed by atoms with Crippen molar-refractivity contribution in [2.24, 2.45) is 0 Å². The van der Waals surface area contributed by atoms with Gasteiger partial charge in [-0.15, -0.1) is 0 Å². The third kappa shape index (κ3) is 2.68. The summed E-state index contributed by atoms with van der Waals surface area (Å²) in [7, 11) is 0. The molecule has 0 amide bonds. The first kappa shape index (κ1) is 13.7. The molecule has 0 bridgehead atoms. The van der Waals surface area contributed by atoms with E-state index < -0.39 is 11.8 Å². The molecule has 2 aromatic rings. The summed E-state index contributed by atoms with van der Waals surface area (Å²) in [4.78, 5) is 11.1. The number of hydrogen-bond acceptors (Lipinski definition) is 2. The van der Waals surface area contributed by atoms with Crippen LogP contribution in [0, 0.1) is 19.7 Å². The van der Waals surface area contributed by atoms with E-state index in [1.165, 1.54) is 12.1 Å². The number of carbonyl (C=O) groups is 1. The molecule has 1 aromatic heterocycles. The summed E-state index contributed by atoms with van der Waals surface area (Å²) in [5.41, 5.74) is 2.17. The third-order valence-electron chi connectivity index (χ3n) is 2.91. The van der Waals surface area contributed by atoms with E-state index >= 15 is 0 Å². The molecule has 6 heteroatoms. The highest BCUT2D eigenvalue weighted by Gasteiger charge is 2.14. The van der Waals surface area contributed by atoms with E-state index in [0.717, 1.165) is 21.9 Å². The van der Waals surface area contributed by atoms with Crippen LogP contribution in [0.3, 0.4) is 0 Å². The molecule has 4 nitrogen and oxygen atoms in total. The summed E-state index contributed by atoms with van der Waals surface area (Å²) in [6.45, 7) is 3.93. The number of hydrogen-bond donors (Lipinski definition) is 1. The van der Waals surface area contributed by atoms with E-state index in [4.69, 9.17) is 5.11 Å². The smallest absolute Gasteiger partial charge is 0.336 e. The SMILES string of the molecule is Cc1nn(Cc2cc(F)ccc2C(=O)O)c(C)c1Br. The van der Waals surface area contributed by atoms with Crippen molar-refractivity contribution in [2.75, 3.05) is 0 Å². The Morgan fingerprint density at radius 3 is 2.68 bits per heavy atom. The number of benzene rings is 1. The first-order valence-electron chi connectivity index (χ1n) is 5.61. The topological polar surface area (TPSA) is 55.1 Å². The van der Waals surface area contributed by atoms with Crippen molar-refractivity contribution >= 4 is 21.9 Å². The molecule has 1 aromatic carbocycles. The first-order valence-corrected chi connectivity index (χ1v) is 6.40. The monoisotopic (exact) mass is 326 g/mol. The van der Waals surface area contributed by atoms with E-state index in [-0.39, 0.29) is 12.1 Å². The maximum Gasteiger partial charge on any atom is 0.336 e. The van der Waals surface area contributed by atoms with E-state index in [2.05, 4.69) is 21.0 Å². The molecule has 0 aliphatic heterocycles. The number of halogens is 2. The van der Waals surface area contributed by atoms with E-state index in [1.807, 2.05) is 13.8 Å². The lowest BCUT2D eigenvalue weighted by Gasteiger charge is -2.08. The van der Waals surface area contributed by atoms with Crippen molar-refractivity contribution in [2.45, 2.75) is 20.4 Å². The van der Waals surface area contributed by atoms with Crippen molar-refractivity contribution in [3.8, 4) is 0 Å². The van der Waals surface area contributed by atoms with Crippen molar-refractivity contribution in [1.29, 1.82) is 0 Å². The highest BCUT2D eigenvalue weighted by atomic mass is 79.9. The van der Waals surface area contributed by atoms with Crippen molar-refractivity contribution in [3.63, 3.8) is 0 Å². The maximum atomic E-state index is 13.3. The first-order chi connectivity index (χ1) is 8.90. The number of nitrogens with zero attached hydrogens (tertiary/aromatic N) is 2. The van der Waals surface area contributed by atoms with Crippen LogP contribution in [0.2, 0.25) is 0 Å². The number of aryl methyl sites for hydroxylation is 1. The quantitative estimate of drug-likeness (QED) is 0.942. The molecule has 0 aliphatic carbocycles. The Morgan fingerprint density at radius 2 is 2.16 bits per heavy atom. The average Bonchev–Trinajstić information content (AvgIpc) is 2.57. The molecule has 0 radical (unpaired) electrons. The van der Waals surface area contributed by atoms with Gasteiger partial charge in [-0.25, -0.2) is 9.18 Å². The molecule has 1 heterocycles. The van der Waals surface area contributed by atoms with Gasteiger partial charge in [-0.1, -0.05) is 0 Å². The summed E-state index contributed by atoms with van der Waals surface area (Å²) < 4.78 is 15.8. The van der Waals surface area contributed by atoms with Gasteiger partial charge in [0.2, 0.25) is 0 Å². The fraction of sp³-hybridized carbons (Fsp3) is 0.231.